The topological polar surface area (TPSA) is 105 Å². The van der Waals surface area contributed by atoms with Crippen molar-refractivity contribution in [3.05, 3.63) is 83.3 Å². The van der Waals surface area contributed by atoms with Gasteiger partial charge in [-0.25, -0.2) is 0 Å². The maximum atomic E-state index is 12.5. The fourth-order valence-electron chi connectivity index (χ4n) is 2.92. The number of hydrogen-bond donors (Lipinski definition) is 2. The van der Waals surface area contributed by atoms with Crippen molar-refractivity contribution in [2.45, 2.75) is 32.7 Å². The van der Waals surface area contributed by atoms with Crippen molar-refractivity contribution in [2.75, 3.05) is 6.54 Å². The fraction of sp³-hybridized carbons (Fsp3) is 0.250. The van der Waals surface area contributed by atoms with Gasteiger partial charge in [-0.05, 0) is 55.8 Å². The first-order valence-corrected chi connectivity index (χ1v) is 9.88. The molecule has 0 aliphatic carbocycles. The molecule has 0 aliphatic heterocycles. The van der Waals surface area contributed by atoms with Crippen molar-refractivity contribution in [3.8, 4) is 17.6 Å². The predicted molar refractivity (Wildman–Crippen MR) is 114 cm³/mol. The Balaban J connectivity index is 1.58. The molecule has 0 fully saturated rings. The van der Waals surface area contributed by atoms with E-state index in [2.05, 4.69) is 5.32 Å². The molecule has 0 radical (unpaired) electrons. The molecule has 2 N–H and O–H groups in total. The lowest BCUT2D eigenvalue weighted by Gasteiger charge is -2.15. The first-order chi connectivity index (χ1) is 15.0. The third-order valence-corrected chi connectivity index (χ3v) is 4.38. The van der Waals surface area contributed by atoms with Crippen LogP contribution in [0, 0.1) is 11.3 Å². The highest BCUT2D eigenvalue weighted by atomic mass is 16.5. The number of benzene rings is 2. The minimum atomic E-state index is -0.900. The number of hydrogen-bond acceptors (Lipinski definition) is 6. The van der Waals surface area contributed by atoms with Gasteiger partial charge in [0, 0.05) is 12.1 Å². The summed E-state index contributed by atoms with van der Waals surface area (Å²) in [6, 6.07) is 17.6. The number of nitrogens with zero attached hydrogens (tertiary/aromatic N) is 1. The number of furan rings is 1. The van der Waals surface area contributed by atoms with Crippen molar-refractivity contribution in [3.63, 3.8) is 0 Å². The van der Waals surface area contributed by atoms with Crippen LogP contribution >= 0.6 is 0 Å². The van der Waals surface area contributed by atoms with Crippen LogP contribution in [0.15, 0.2) is 65.3 Å². The third-order valence-electron chi connectivity index (χ3n) is 4.38. The molecule has 0 bridgehead atoms. The van der Waals surface area contributed by atoms with Crippen molar-refractivity contribution >= 4 is 5.91 Å². The highest BCUT2D eigenvalue weighted by Gasteiger charge is 2.18. The largest absolute Gasteiger partial charge is 0.491 e. The van der Waals surface area contributed by atoms with Gasteiger partial charge in [0.25, 0.3) is 5.91 Å². The number of nitrogens with one attached hydrogen (secondary N) is 1. The zero-order chi connectivity index (χ0) is 22.2. The zero-order valence-corrected chi connectivity index (χ0v) is 17.4. The summed E-state index contributed by atoms with van der Waals surface area (Å²) in [5.74, 6) is 0.831. The monoisotopic (exact) mass is 420 g/mol. The summed E-state index contributed by atoms with van der Waals surface area (Å²) in [7, 11) is 0. The van der Waals surface area contributed by atoms with Gasteiger partial charge >= 0.3 is 0 Å². The van der Waals surface area contributed by atoms with E-state index in [4.69, 9.17) is 19.2 Å². The van der Waals surface area contributed by atoms with Crippen LogP contribution in [-0.2, 0) is 6.61 Å². The molecule has 1 atom stereocenters. The van der Waals surface area contributed by atoms with E-state index in [9.17, 15) is 9.90 Å². The van der Waals surface area contributed by atoms with Gasteiger partial charge in [-0.2, -0.15) is 5.26 Å². The molecule has 3 rings (SSSR count). The van der Waals surface area contributed by atoms with E-state index >= 15 is 0 Å². The number of aliphatic hydroxyl groups is 1. The smallest absolute Gasteiger partial charge is 0.287 e. The fourth-order valence-corrected chi connectivity index (χ4v) is 2.92. The first kappa shape index (κ1) is 21.9. The molecule has 31 heavy (non-hydrogen) atoms. The first-order valence-electron chi connectivity index (χ1n) is 9.88. The van der Waals surface area contributed by atoms with Gasteiger partial charge in [-0.3, -0.25) is 4.79 Å². The number of carbonyl (C=O) groups excluding carboxylic acids is 1. The Hall–Kier alpha value is -3.76. The number of rotatable bonds is 9. The Morgan fingerprint density at radius 1 is 1.16 bits per heavy atom. The third kappa shape index (κ3) is 6.11. The van der Waals surface area contributed by atoms with Gasteiger partial charge in [-0.15, -0.1) is 0 Å². The molecule has 1 amide bonds. The Morgan fingerprint density at radius 2 is 1.94 bits per heavy atom. The summed E-state index contributed by atoms with van der Waals surface area (Å²) >= 11 is 0. The van der Waals surface area contributed by atoms with E-state index in [0.29, 0.717) is 28.2 Å². The molecule has 0 saturated heterocycles. The number of ether oxygens (including phenoxy) is 2. The maximum Gasteiger partial charge on any atom is 0.287 e. The van der Waals surface area contributed by atoms with Crippen molar-refractivity contribution < 1.29 is 23.8 Å². The van der Waals surface area contributed by atoms with Crippen LogP contribution in [-0.4, -0.2) is 23.7 Å². The lowest BCUT2D eigenvalue weighted by Crippen LogP contribution is -2.28. The van der Waals surface area contributed by atoms with Gasteiger partial charge in [-0.1, -0.05) is 18.2 Å². The SMILES string of the molecule is CC(C)Oc1cccc(C(O)CNC(=O)c2occc2COc2cccc(C#N)c2)c1. The van der Waals surface area contributed by atoms with Gasteiger partial charge < -0.3 is 24.3 Å². The molecule has 0 aliphatic rings. The molecule has 2 aromatic carbocycles. The summed E-state index contributed by atoms with van der Waals surface area (Å²) in [6.07, 6.45) is 0.528. The van der Waals surface area contributed by atoms with Crippen LogP contribution in [0.5, 0.6) is 11.5 Å². The van der Waals surface area contributed by atoms with Crippen LogP contribution in [0.25, 0.3) is 0 Å². The molecule has 3 aromatic rings. The minimum Gasteiger partial charge on any atom is -0.491 e. The minimum absolute atomic E-state index is 0.00910. The van der Waals surface area contributed by atoms with Crippen LogP contribution in [0.2, 0.25) is 0 Å². The predicted octanol–water partition coefficient (Wildman–Crippen LogP) is 3.98. The summed E-state index contributed by atoms with van der Waals surface area (Å²) < 4.78 is 16.6. The van der Waals surface area contributed by atoms with Crippen molar-refractivity contribution in [2.24, 2.45) is 0 Å². The average molecular weight is 420 g/mol. The molecule has 1 unspecified atom stereocenters. The molecule has 0 saturated carbocycles. The summed E-state index contributed by atoms with van der Waals surface area (Å²) in [6.45, 7) is 3.96. The van der Waals surface area contributed by atoms with E-state index in [0.717, 1.165) is 0 Å². The van der Waals surface area contributed by atoms with E-state index in [1.165, 1.54) is 6.26 Å². The molecule has 1 aromatic heterocycles. The summed E-state index contributed by atoms with van der Waals surface area (Å²) in [4.78, 5) is 12.5. The number of aliphatic hydroxyl groups excluding tert-OH is 1. The average Bonchev–Trinajstić information content (AvgIpc) is 3.24. The van der Waals surface area contributed by atoms with E-state index < -0.39 is 12.0 Å². The molecule has 0 spiro atoms. The van der Waals surface area contributed by atoms with Gasteiger partial charge in [0.1, 0.15) is 18.1 Å². The summed E-state index contributed by atoms with van der Waals surface area (Å²) in [5, 5.41) is 22.1. The second kappa shape index (κ2) is 10.3. The van der Waals surface area contributed by atoms with Crippen LogP contribution in [0.3, 0.4) is 0 Å². The number of amides is 1. The highest BCUT2D eigenvalue weighted by molar-refractivity contribution is 5.92. The molecule has 160 valence electrons. The Bertz CT molecular complexity index is 1070. The Kier molecular flexibility index (Phi) is 7.31. The molecular formula is C24H24N2O5. The molecular weight excluding hydrogens is 396 g/mol. The van der Waals surface area contributed by atoms with Crippen LogP contribution in [0.1, 0.15) is 47.2 Å². The standard InChI is InChI=1S/C24H24N2O5/c1-16(2)31-21-8-4-6-18(12-21)22(27)14-26-24(28)23-19(9-10-29-23)15-30-20-7-3-5-17(11-20)13-25/h3-12,16,22,27H,14-15H2,1-2H3,(H,26,28). The van der Waals surface area contributed by atoms with Gasteiger partial charge in [0.2, 0.25) is 0 Å². The molecule has 7 nitrogen and oxygen atoms in total. The Morgan fingerprint density at radius 3 is 2.71 bits per heavy atom. The van der Waals surface area contributed by atoms with Gasteiger partial charge in [0.15, 0.2) is 5.76 Å². The van der Waals surface area contributed by atoms with Crippen LogP contribution in [0.4, 0.5) is 0 Å². The highest BCUT2D eigenvalue weighted by Crippen LogP contribution is 2.21. The number of nitriles is 1. The Labute approximate surface area is 180 Å². The lowest BCUT2D eigenvalue weighted by molar-refractivity contribution is 0.0885. The van der Waals surface area contributed by atoms with Gasteiger partial charge in [0.05, 0.1) is 30.1 Å². The van der Waals surface area contributed by atoms with E-state index in [1.54, 1.807) is 48.5 Å². The zero-order valence-electron chi connectivity index (χ0n) is 17.4. The van der Waals surface area contributed by atoms with E-state index in [1.807, 2.05) is 26.0 Å². The van der Waals surface area contributed by atoms with E-state index in [-0.39, 0.29) is 25.0 Å². The lowest BCUT2D eigenvalue weighted by atomic mass is 10.1. The van der Waals surface area contributed by atoms with Crippen molar-refractivity contribution in [1.29, 1.82) is 5.26 Å². The summed E-state index contributed by atoms with van der Waals surface area (Å²) in [5.41, 5.74) is 1.68. The quantitative estimate of drug-likeness (QED) is 0.543. The second-order valence-electron chi connectivity index (χ2n) is 7.17. The van der Waals surface area contributed by atoms with Crippen LogP contribution < -0.4 is 14.8 Å². The molecule has 7 heteroatoms. The maximum absolute atomic E-state index is 12.5. The molecule has 1 heterocycles. The second-order valence-corrected chi connectivity index (χ2v) is 7.17. The normalized spacial score (nSPS) is 11.6. The number of carbonyl (C=O) groups is 1. The van der Waals surface area contributed by atoms with Crippen molar-refractivity contribution in [1.82, 2.24) is 5.32 Å².